The van der Waals surface area contributed by atoms with Crippen molar-refractivity contribution < 1.29 is 9.53 Å². The minimum Gasteiger partial charge on any atom is -0.497 e. The van der Waals surface area contributed by atoms with Gasteiger partial charge in [-0.15, -0.1) is 0 Å². The Hall–Kier alpha value is -2.63. The molecule has 1 aliphatic rings. The molecule has 0 bridgehead atoms. The lowest BCUT2D eigenvalue weighted by Gasteiger charge is -2.09. The zero-order valence-electron chi connectivity index (χ0n) is 16.0. The summed E-state index contributed by atoms with van der Waals surface area (Å²) in [6.45, 7) is 0. The molecular weight excluding hydrogens is 404 g/mol. The van der Waals surface area contributed by atoms with Gasteiger partial charge in [-0.2, -0.15) is 5.26 Å². The molecule has 0 aliphatic heterocycles. The summed E-state index contributed by atoms with van der Waals surface area (Å²) in [5.74, 6) is 0.772. The first-order valence-electron chi connectivity index (χ1n) is 9.46. The molecule has 2 aromatic heterocycles. The molecule has 0 saturated heterocycles. The highest BCUT2D eigenvalue weighted by atomic mass is 32.2. The average molecular weight is 425 g/mol. The summed E-state index contributed by atoms with van der Waals surface area (Å²) in [7, 11) is 1.62. The van der Waals surface area contributed by atoms with Crippen LogP contribution in [-0.2, 0) is 17.6 Å². The van der Waals surface area contributed by atoms with Crippen LogP contribution in [0.2, 0.25) is 0 Å². The van der Waals surface area contributed by atoms with Crippen LogP contribution < -0.4 is 10.1 Å². The van der Waals surface area contributed by atoms with Gasteiger partial charge in [0.1, 0.15) is 16.8 Å². The number of carbonyl (C=O) groups excluding carboxylic acids is 1. The van der Waals surface area contributed by atoms with Gasteiger partial charge in [0.2, 0.25) is 5.91 Å². The van der Waals surface area contributed by atoms with E-state index in [0.29, 0.717) is 15.7 Å². The topological polar surface area (TPSA) is 87.9 Å². The second-order valence-electron chi connectivity index (χ2n) is 6.81. The number of ether oxygens (including phenoxy) is 1. The minimum absolute atomic E-state index is 0.165. The molecule has 0 fully saturated rings. The number of carbonyl (C=O) groups is 1. The number of nitrogens with one attached hydrogen (secondary N) is 1. The minimum atomic E-state index is -0.165. The second-order valence-corrected chi connectivity index (χ2v) is 8.80. The number of anilines is 1. The smallest absolute Gasteiger partial charge is 0.236 e. The summed E-state index contributed by atoms with van der Waals surface area (Å²) in [6.07, 6.45) is 5.37. The number of hydrogen-bond donors (Lipinski definition) is 1. The van der Waals surface area contributed by atoms with E-state index in [-0.39, 0.29) is 11.7 Å². The van der Waals surface area contributed by atoms with Crippen molar-refractivity contribution in [2.75, 3.05) is 18.2 Å². The monoisotopic (exact) mass is 424 g/mol. The molecule has 0 atom stereocenters. The molecule has 8 heteroatoms. The van der Waals surface area contributed by atoms with E-state index >= 15 is 0 Å². The Morgan fingerprint density at radius 3 is 2.97 bits per heavy atom. The molecule has 1 N–H and O–H groups in total. The van der Waals surface area contributed by atoms with Crippen molar-refractivity contribution in [2.45, 2.75) is 37.1 Å². The zero-order valence-corrected chi connectivity index (χ0v) is 17.7. The zero-order chi connectivity index (χ0) is 20.2. The number of fused-ring (bicyclic) bond motifs is 2. The van der Waals surface area contributed by atoms with Crippen LogP contribution in [0.25, 0.3) is 10.2 Å². The fourth-order valence-electron chi connectivity index (χ4n) is 3.36. The highest BCUT2D eigenvalue weighted by molar-refractivity contribution is 8.00. The van der Waals surface area contributed by atoms with Gasteiger partial charge in [-0.3, -0.25) is 4.79 Å². The summed E-state index contributed by atoms with van der Waals surface area (Å²) in [5, 5.41) is 13.5. The number of nitriles is 1. The van der Waals surface area contributed by atoms with E-state index in [1.165, 1.54) is 35.1 Å². The molecule has 1 aromatic carbocycles. The molecule has 4 rings (SSSR count). The Morgan fingerprint density at radius 1 is 1.28 bits per heavy atom. The number of amides is 1. The molecule has 148 valence electrons. The van der Waals surface area contributed by atoms with Crippen molar-refractivity contribution >= 4 is 44.4 Å². The normalized spacial score (nSPS) is 13.4. The van der Waals surface area contributed by atoms with E-state index in [1.807, 2.05) is 24.3 Å². The molecular formula is C21H20N4O2S2. The number of methoxy groups -OCH3 is 1. The molecule has 1 amide bonds. The van der Waals surface area contributed by atoms with Crippen LogP contribution in [-0.4, -0.2) is 28.7 Å². The highest BCUT2D eigenvalue weighted by Crippen LogP contribution is 2.30. The molecule has 2 heterocycles. The first-order valence-corrected chi connectivity index (χ1v) is 11.3. The quantitative estimate of drug-likeness (QED) is 0.477. The Morgan fingerprint density at radius 2 is 2.14 bits per heavy atom. The highest BCUT2D eigenvalue weighted by Gasteiger charge is 2.16. The summed E-state index contributed by atoms with van der Waals surface area (Å²) < 4.78 is 6.17. The van der Waals surface area contributed by atoms with Crippen molar-refractivity contribution in [2.24, 2.45) is 0 Å². The van der Waals surface area contributed by atoms with Crippen molar-refractivity contribution in [3.63, 3.8) is 0 Å². The lowest BCUT2D eigenvalue weighted by atomic mass is 10.1. The van der Waals surface area contributed by atoms with Gasteiger partial charge in [-0.1, -0.05) is 29.5 Å². The third kappa shape index (κ3) is 4.52. The Bertz CT molecular complexity index is 1100. The number of aryl methyl sites for hydroxylation is 2. The van der Waals surface area contributed by atoms with Crippen molar-refractivity contribution in [3.05, 3.63) is 41.1 Å². The number of nitrogens with zero attached hydrogens (tertiary/aromatic N) is 3. The second kappa shape index (κ2) is 8.80. The lowest BCUT2D eigenvalue weighted by Crippen LogP contribution is -2.14. The summed E-state index contributed by atoms with van der Waals surface area (Å²) in [4.78, 5) is 21.6. The van der Waals surface area contributed by atoms with Gasteiger partial charge >= 0.3 is 0 Å². The van der Waals surface area contributed by atoms with Crippen LogP contribution in [0, 0.1) is 11.3 Å². The summed E-state index contributed by atoms with van der Waals surface area (Å²) >= 11 is 2.71. The lowest BCUT2D eigenvalue weighted by molar-refractivity contribution is -0.113. The molecule has 1 aliphatic carbocycles. The van der Waals surface area contributed by atoms with Gasteiger partial charge < -0.3 is 10.1 Å². The first kappa shape index (κ1) is 19.7. The standard InChI is InChI=1S/C21H20N4O2S2/c1-27-15-7-8-17-18(10-15)29-21(24-17)25-19(26)12-28-20-14(11-22)9-13-5-3-2-4-6-16(13)23-20/h7-10H,2-6,12H2,1H3,(H,24,25,26). The van der Waals surface area contributed by atoms with Crippen molar-refractivity contribution in [3.8, 4) is 11.8 Å². The fraction of sp³-hybridized carbons (Fsp3) is 0.333. The Kier molecular flexibility index (Phi) is 5.97. The maximum Gasteiger partial charge on any atom is 0.236 e. The molecule has 0 radical (unpaired) electrons. The maximum absolute atomic E-state index is 12.4. The van der Waals surface area contributed by atoms with E-state index in [2.05, 4.69) is 16.4 Å². The van der Waals surface area contributed by atoms with E-state index < -0.39 is 0 Å². The van der Waals surface area contributed by atoms with Gasteiger partial charge in [0.05, 0.1) is 28.6 Å². The van der Waals surface area contributed by atoms with E-state index in [1.54, 1.807) is 7.11 Å². The fourth-order valence-corrected chi connectivity index (χ4v) is 5.04. The van der Waals surface area contributed by atoms with Crippen LogP contribution in [0.4, 0.5) is 5.13 Å². The number of pyridine rings is 1. The molecule has 3 aromatic rings. The number of thiazole rings is 1. The summed E-state index contributed by atoms with van der Waals surface area (Å²) in [6, 6.07) is 9.80. The SMILES string of the molecule is COc1ccc2nc(NC(=O)CSc3nc4c(cc3C#N)CCCCC4)sc2c1. The van der Waals surface area contributed by atoms with Crippen LogP contribution >= 0.6 is 23.1 Å². The van der Waals surface area contributed by atoms with Crippen LogP contribution in [0.3, 0.4) is 0 Å². The molecule has 0 spiro atoms. The third-order valence-corrected chi connectivity index (χ3v) is 6.74. The van der Waals surface area contributed by atoms with Gasteiger partial charge in [-0.05, 0) is 55.5 Å². The van der Waals surface area contributed by atoms with Crippen LogP contribution in [0.1, 0.15) is 36.1 Å². The largest absolute Gasteiger partial charge is 0.497 e. The predicted molar refractivity (Wildman–Crippen MR) is 116 cm³/mol. The van der Waals surface area contributed by atoms with Crippen molar-refractivity contribution in [1.29, 1.82) is 5.26 Å². The molecule has 0 unspecified atom stereocenters. The number of benzene rings is 1. The van der Waals surface area contributed by atoms with Crippen LogP contribution in [0.5, 0.6) is 5.75 Å². The van der Waals surface area contributed by atoms with E-state index in [0.717, 1.165) is 47.3 Å². The molecule has 0 saturated carbocycles. The summed E-state index contributed by atoms with van der Waals surface area (Å²) in [5.41, 5.74) is 3.62. The molecule has 6 nitrogen and oxygen atoms in total. The Balaban J connectivity index is 1.44. The number of aromatic nitrogens is 2. The molecule has 29 heavy (non-hydrogen) atoms. The Labute approximate surface area is 177 Å². The number of hydrogen-bond acceptors (Lipinski definition) is 7. The van der Waals surface area contributed by atoms with Gasteiger partial charge in [-0.25, -0.2) is 9.97 Å². The van der Waals surface area contributed by atoms with Crippen molar-refractivity contribution in [1.82, 2.24) is 9.97 Å². The maximum atomic E-state index is 12.4. The first-order chi connectivity index (χ1) is 14.2. The van der Waals surface area contributed by atoms with E-state index in [9.17, 15) is 10.1 Å². The third-order valence-electron chi connectivity index (χ3n) is 4.82. The average Bonchev–Trinajstić information content (AvgIpc) is 2.98. The van der Waals surface area contributed by atoms with Gasteiger partial charge in [0.25, 0.3) is 0 Å². The van der Waals surface area contributed by atoms with Gasteiger partial charge in [0.15, 0.2) is 5.13 Å². The number of rotatable bonds is 5. The van der Waals surface area contributed by atoms with E-state index in [4.69, 9.17) is 9.72 Å². The predicted octanol–water partition coefficient (Wildman–Crippen LogP) is 4.57. The number of thioether (sulfide) groups is 1. The van der Waals surface area contributed by atoms with Crippen LogP contribution in [0.15, 0.2) is 29.3 Å². The van der Waals surface area contributed by atoms with Gasteiger partial charge in [0, 0.05) is 5.69 Å².